The maximum Gasteiger partial charge on any atom is 0.180 e. The molecule has 0 radical (unpaired) electrons. The van der Waals surface area contributed by atoms with E-state index in [1.54, 1.807) is 12.4 Å². The van der Waals surface area contributed by atoms with E-state index >= 15 is 0 Å². The van der Waals surface area contributed by atoms with Gasteiger partial charge in [0.25, 0.3) is 0 Å². The highest BCUT2D eigenvalue weighted by Crippen LogP contribution is 2.17. The van der Waals surface area contributed by atoms with Gasteiger partial charge in [-0.05, 0) is 28.9 Å². The minimum atomic E-state index is 0.579. The Morgan fingerprint density at radius 3 is 3.00 bits per heavy atom. The van der Waals surface area contributed by atoms with Crippen LogP contribution in [0.5, 0.6) is 0 Å². The fourth-order valence-corrected chi connectivity index (χ4v) is 2.20. The summed E-state index contributed by atoms with van der Waals surface area (Å²) in [7, 11) is 0. The van der Waals surface area contributed by atoms with Gasteiger partial charge >= 0.3 is 0 Å². The lowest BCUT2D eigenvalue weighted by atomic mass is 10.4. The minimum Gasteiger partial charge on any atom is -0.361 e. The molecule has 3 aromatic rings. The Labute approximate surface area is 118 Å². The highest BCUT2D eigenvalue weighted by Gasteiger charge is 2.06. The number of hydrogen-bond donors (Lipinski definition) is 1. The van der Waals surface area contributed by atoms with Crippen LogP contribution >= 0.6 is 15.9 Å². The molecule has 0 aromatic carbocycles. The van der Waals surface area contributed by atoms with Crippen molar-refractivity contribution < 1.29 is 0 Å². The molecule has 3 heterocycles. The molecule has 0 aliphatic carbocycles. The van der Waals surface area contributed by atoms with Crippen molar-refractivity contribution in [1.29, 1.82) is 0 Å². The van der Waals surface area contributed by atoms with Gasteiger partial charge in [-0.1, -0.05) is 0 Å². The van der Waals surface area contributed by atoms with E-state index < -0.39 is 0 Å². The summed E-state index contributed by atoms with van der Waals surface area (Å²) in [6.07, 6.45) is 7.23. The van der Waals surface area contributed by atoms with Crippen molar-refractivity contribution in [3.05, 3.63) is 47.0 Å². The van der Waals surface area contributed by atoms with Crippen molar-refractivity contribution in [2.75, 3.05) is 5.32 Å². The van der Waals surface area contributed by atoms with Gasteiger partial charge in [0.05, 0.1) is 12.2 Å². The molecular formula is C12H11BrN6. The Hall–Kier alpha value is -2.02. The zero-order chi connectivity index (χ0) is 13.2. The third-order valence-electron chi connectivity index (χ3n) is 2.62. The molecule has 0 aliphatic rings. The third kappa shape index (κ3) is 2.55. The Balaban J connectivity index is 1.87. The Bertz CT molecular complexity index is 723. The number of halogens is 1. The summed E-state index contributed by atoms with van der Waals surface area (Å²) in [5.74, 6) is 1.48. The molecule has 0 atom stereocenters. The smallest absolute Gasteiger partial charge is 0.180 e. The summed E-state index contributed by atoms with van der Waals surface area (Å²) in [4.78, 5) is 17.1. The van der Waals surface area contributed by atoms with Gasteiger partial charge in [0.2, 0.25) is 0 Å². The van der Waals surface area contributed by atoms with Gasteiger partial charge in [0.1, 0.15) is 10.4 Å². The van der Waals surface area contributed by atoms with Crippen molar-refractivity contribution in [2.45, 2.75) is 13.5 Å². The number of fused-ring (bicyclic) bond motifs is 1. The normalized spacial score (nSPS) is 10.8. The van der Waals surface area contributed by atoms with Crippen molar-refractivity contribution in [3.63, 3.8) is 0 Å². The van der Waals surface area contributed by atoms with Crippen LogP contribution < -0.4 is 5.32 Å². The van der Waals surface area contributed by atoms with Gasteiger partial charge in [0.15, 0.2) is 11.5 Å². The van der Waals surface area contributed by atoms with Crippen molar-refractivity contribution in [3.8, 4) is 0 Å². The van der Waals surface area contributed by atoms with Crippen LogP contribution in [0, 0.1) is 6.92 Å². The zero-order valence-electron chi connectivity index (χ0n) is 10.2. The molecule has 0 amide bonds. The van der Waals surface area contributed by atoms with Crippen LogP contribution in [0.25, 0.3) is 5.65 Å². The predicted octanol–water partition coefficient (Wildman–Crippen LogP) is 2.20. The van der Waals surface area contributed by atoms with E-state index in [9.17, 15) is 0 Å². The van der Waals surface area contributed by atoms with Gasteiger partial charge in [-0.15, -0.1) is 0 Å². The number of imidazole rings is 1. The number of aromatic nitrogens is 5. The third-order valence-corrected chi connectivity index (χ3v) is 3.00. The Morgan fingerprint density at radius 2 is 2.16 bits per heavy atom. The van der Waals surface area contributed by atoms with Crippen LogP contribution in [0.4, 0.5) is 5.82 Å². The van der Waals surface area contributed by atoms with Crippen LogP contribution in [0.15, 0.2) is 35.5 Å². The number of nitrogens with zero attached hydrogens (tertiary/aromatic N) is 5. The number of anilines is 1. The van der Waals surface area contributed by atoms with Crippen LogP contribution in [0.2, 0.25) is 0 Å². The molecule has 0 fully saturated rings. The first-order valence-corrected chi connectivity index (χ1v) is 6.53. The van der Waals surface area contributed by atoms with E-state index in [4.69, 9.17) is 0 Å². The summed E-state index contributed by atoms with van der Waals surface area (Å²) in [5.41, 5.74) is 1.70. The molecule has 0 bridgehead atoms. The van der Waals surface area contributed by atoms with Crippen molar-refractivity contribution in [1.82, 2.24) is 24.3 Å². The van der Waals surface area contributed by atoms with E-state index in [1.165, 1.54) is 0 Å². The molecular weight excluding hydrogens is 308 g/mol. The maximum atomic E-state index is 4.39. The lowest BCUT2D eigenvalue weighted by Gasteiger charge is -2.07. The first-order valence-electron chi connectivity index (χ1n) is 5.74. The number of hydrogen-bond acceptors (Lipinski definition) is 5. The molecule has 1 N–H and O–H groups in total. The zero-order valence-corrected chi connectivity index (χ0v) is 11.8. The number of nitrogens with one attached hydrogen (secondary N) is 1. The van der Waals surface area contributed by atoms with Crippen molar-refractivity contribution in [2.24, 2.45) is 0 Å². The molecule has 0 aliphatic heterocycles. The average Bonchev–Trinajstić information content (AvgIpc) is 2.84. The van der Waals surface area contributed by atoms with Crippen molar-refractivity contribution >= 4 is 27.4 Å². The fourth-order valence-electron chi connectivity index (χ4n) is 1.80. The molecule has 0 unspecified atom stereocenters. The summed E-state index contributed by atoms with van der Waals surface area (Å²) >= 11 is 3.38. The molecule has 96 valence electrons. The second-order valence-electron chi connectivity index (χ2n) is 4.02. The summed E-state index contributed by atoms with van der Waals surface area (Å²) in [5, 5.41) is 3.24. The van der Waals surface area contributed by atoms with E-state index in [2.05, 4.69) is 41.2 Å². The molecule has 7 heteroatoms. The molecule has 0 saturated carbocycles. The first-order chi connectivity index (χ1) is 9.22. The quantitative estimate of drug-likeness (QED) is 0.801. The summed E-state index contributed by atoms with van der Waals surface area (Å²) in [6, 6.07) is 1.88. The molecule has 19 heavy (non-hydrogen) atoms. The molecule has 3 aromatic heterocycles. The molecule has 6 nitrogen and oxygen atoms in total. The lowest BCUT2D eigenvalue weighted by Crippen LogP contribution is -2.06. The number of aryl methyl sites for hydroxylation is 1. The second-order valence-corrected chi connectivity index (χ2v) is 4.83. The minimum absolute atomic E-state index is 0.579. The monoisotopic (exact) mass is 318 g/mol. The van der Waals surface area contributed by atoms with Gasteiger partial charge in [-0.2, -0.15) is 0 Å². The Morgan fingerprint density at radius 1 is 1.26 bits per heavy atom. The molecule has 0 saturated heterocycles. The van der Waals surface area contributed by atoms with Gasteiger partial charge < -0.3 is 9.72 Å². The second kappa shape index (κ2) is 4.93. The SMILES string of the molecule is Cc1nccc(CNc2nc(Br)cn3ccnc23)n1. The van der Waals surface area contributed by atoms with Crippen LogP contribution in [-0.4, -0.2) is 24.3 Å². The first kappa shape index (κ1) is 12.0. The van der Waals surface area contributed by atoms with Gasteiger partial charge in [0, 0.05) is 24.8 Å². The summed E-state index contributed by atoms with van der Waals surface area (Å²) < 4.78 is 2.66. The van der Waals surface area contributed by atoms with Gasteiger partial charge in [-0.3, -0.25) is 0 Å². The maximum absolute atomic E-state index is 4.39. The molecule has 0 spiro atoms. The fraction of sp³-hybridized carbons (Fsp3) is 0.167. The highest BCUT2D eigenvalue weighted by molar-refractivity contribution is 9.10. The van der Waals surface area contributed by atoms with Crippen LogP contribution in [-0.2, 0) is 6.54 Å². The predicted molar refractivity (Wildman–Crippen MR) is 74.8 cm³/mol. The van der Waals surface area contributed by atoms with E-state index in [-0.39, 0.29) is 0 Å². The van der Waals surface area contributed by atoms with E-state index in [0.29, 0.717) is 6.54 Å². The summed E-state index contributed by atoms with van der Waals surface area (Å²) in [6.45, 7) is 2.45. The van der Waals surface area contributed by atoms with Gasteiger partial charge in [-0.25, -0.2) is 19.9 Å². The van der Waals surface area contributed by atoms with Crippen LogP contribution in [0.1, 0.15) is 11.5 Å². The van der Waals surface area contributed by atoms with E-state index in [1.807, 2.05) is 29.8 Å². The topological polar surface area (TPSA) is 68.0 Å². The Kier molecular flexibility index (Phi) is 3.12. The standard InChI is InChI=1S/C12H11BrN6/c1-8-14-3-2-9(17-8)6-16-11-12-15-4-5-19(12)7-10(13)18-11/h2-5,7H,6H2,1H3,(H,16,18). The van der Waals surface area contributed by atoms with E-state index in [0.717, 1.165) is 27.6 Å². The molecule has 3 rings (SSSR count). The van der Waals surface area contributed by atoms with Crippen LogP contribution in [0.3, 0.4) is 0 Å². The largest absolute Gasteiger partial charge is 0.361 e. The average molecular weight is 319 g/mol. The number of rotatable bonds is 3. The lowest BCUT2D eigenvalue weighted by molar-refractivity contribution is 0.946. The highest BCUT2D eigenvalue weighted by atomic mass is 79.9.